The summed E-state index contributed by atoms with van der Waals surface area (Å²) in [6.07, 6.45) is 1.80. The zero-order chi connectivity index (χ0) is 17.0. The summed E-state index contributed by atoms with van der Waals surface area (Å²) in [5, 5.41) is 3.93. The molecule has 0 aliphatic heterocycles. The van der Waals surface area contributed by atoms with Gasteiger partial charge in [0.2, 0.25) is 0 Å². The molecule has 1 aromatic carbocycles. The molecular formula is C17H22FN3OS. The summed E-state index contributed by atoms with van der Waals surface area (Å²) in [7, 11) is 1.76. The Bertz CT molecular complexity index is 667. The first-order valence-corrected chi connectivity index (χ1v) is 8.26. The number of carbonyl (C=O) groups is 1. The molecule has 0 bridgehead atoms. The van der Waals surface area contributed by atoms with E-state index in [0.29, 0.717) is 13.1 Å². The van der Waals surface area contributed by atoms with E-state index >= 15 is 0 Å². The van der Waals surface area contributed by atoms with Gasteiger partial charge in [-0.15, -0.1) is 11.3 Å². The van der Waals surface area contributed by atoms with E-state index in [4.69, 9.17) is 0 Å². The SMILES string of the molecule is Cc1ncc(CN(C)C(=O)NCC(C)(C)c2ccc(F)cc2)s1. The summed E-state index contributed by atoms with van der Waals surface area (Å²) in [5.41, 5.74) is 0.714. The quantitative estimate of drug-likeness (QED) is 0.905. The van der Waals surface area contributed by atoms with Crippen molar-refractivity contribution in [1.82, 2.24) is 15.2 Å². The van der Waals surface area contributed by atoms with Gasteiger partial charge in [0.1, 0.15) is 5.82 Å². The van der Waals surface area contributed by atoms with E-state index in [9.17, 15) is 9.18 Å². The lowest BCUT2D eigenvalue weighted by molar-refractivity contribution is 0.204. The van der Waals surface area contributed by atoms with Crippen LogP contribution >= 0.6 is 11.3 Å². The third kappa shape index (κ3) is 4.76. The predicted octanol–water partition coefficient (Wildman–Crippen LogP) is 3.71. The molecule has 23 heavy (non-hydrogen) atoms. The van der Waals surface area contributed by atoms with Crippen molar-refractivity contribution in [2.45, 2.75) is 32.7 Å². The maximum Gasteiger partial charge on any atom is 0.317 e. The first-order valence-electron chi connectivity index (χ1n) is 7.44. The van der Waals surface area contributed by atoms with Gasteiger partial charge in [0.15, 0.2) is 0 Å². The molecule has 2 aromatic rings. The number of rotatable bonds is 5. The summed E-state index contributed by atoms with van der Waals surface area (Å²) in [5.74, 6) is -0.256. The number of amides is 2. The third-order valence-electron chi connectivity index (χ3n) is 3.72. The van der Waals surface area contributed by atoms with E-state index < -0.39 is 0 Å². The Morgan fingerprint density at radius 3 is 2.57 bits per heavy atom. The van der Waals surface area contributed by atoms with Crippen molar-refractivity contribution in [3.63, 3.8) is 0 Å². The van der Waals surface area contributed by atoms with Crippen LogP contribution in [0.25, 0.3) is 0 Å². The second-order valence-electron chi connectivity index (χ2n) is 6.25. The number of benzene rings is 1. The third-order valence-corrected chi connectivity index (χ3v) is 4.61. The summed E-state index contributed by atoms with van der Waals surface area (Å²) in [4.78, 5) is 19.1. The number of nitrogens with one attached hydrogen (secondary N) is 1. The lowest BCUT2D eigenvalue weighted by Gasteiger charge is -2.27. The highest BCUT2D eigenvalue weighted by molar-refractivity contribution is 7.11. The number of halogens is 1. The molecule has 0 fully saturated rings. The molecule has 4 nitrogen and oxygen atoms in total. The number of urea groups is 1. The molecule has 0 unspecified atom stereocenters. The lowest BCUT2D eigenvalue weighted by Crippen LogP contribution is -2.42. The van der Waals surface area contributed by atoms with Crippen LogP contribution in [-0.4, -0.2) is 29.5 Å². The highest BCUT2D eigenvalue weighted by Gasteiger charge is 2.22. The number of hydrogen-bond donors (Lipinski definition) is 1. The Kier molecular flexibility index (Phi) is 5.36. The van der Waals surface area contributed by atoms with Crippen LogP contribution in [0.2, 0.25) is 0 Å². The zero-order valence-corrected chi connectivity index (χ0v) is 14.7. The van der Waals surface area contributed by atoms with Gasteiger partial charge in [-0.2, -0.15) is 0 Å². The van der Waals surface area contributed by atoms with Gasteiger partial charge in [0.05, 0.1) is 11.6 Å². The first-order chi connectivity index (χ1) is 10.8. The normalized spacial score (nSPS) is 11.3. The van der Waals surface area contributed by atoms with E-state index in [2.05, 4.69) is 10.3 Å². The summed E-state index contributed by atoms with van der Waals surface area (Å²) >= 11 is 1.59. The second-order valence-corrected chi connectivity index (χ2v) is 7.57. The monoisotopic (exact) mass is 335 g/mol. The van der Waals surface area contributed by atoms with Gasteiger partial charge in [-0.05, 0) is 24.6 Å². The van der Waals surface area contributed by atoms with Crippen molar-refractivity contribution >= 4 is 17.4 Å². The molecule has 0 saturated heterocycles. The summed E-state index contributed by atoms with van der Waals surface area (Å²) in [6.45, 7) is 7.00. The largest absolute Gasteiger partial charge is 0.337 e. The molecule has 2 amide bonds. The molecule has 0 aliphatic rings. The summed E-state index contributed by atoms with van der Waals surface area (Å²) in [6, 6.07) is 6.26. The second kappa shape index (κ2) is 7.08. The van der Waals surface area contributed by atoms with Crippen LogP contribution in [0.1, 0.15) is 29.3 Å². The van der Waals surface area contributed by atoms with Crippen molar-refractivity contribution in [1.29, 1.82) is 0 Å². The predicted molar refractivity (Wildman–Crippen MR) is 91.1 cm³/mol. The zero-order valence-electron chi connectivity index (χ0n) is 13.9. The van der Waals surface area contributed by atoms with Gasteiger partial charge >= 0.3 is 6.03 Å². The van der Waals surface area contributed by atoms with E-state index in [1.54, 1.807) is 41.6 Å². The van der Waals surface area contributed by atoms with Gasteiger partial charge in [-0.1, -0.05) is 26.0 Å². The van der Waals surface area contributed by atoms with Crippen molar-refractivity contribution in [2.24, 2.45) is 0 Å². The molecule has 1 heterocycles. The standard InChI is InChI=1S/C17H22FN3OS/c1-12-19-9-15(23-12)10-21(4)16(22)20-11-17(2,3)13-5-7-14(18)8-6-13/h5-9H,10-11H2,1-4H3,(H,20,22). The molecule has 124 valence electrons. The number of aromatic nitrogens is 1. The topological polar surface area (TPSA) is 45.2 Å². The Balaban J connectivity index is 1.90. The van der Waals surface area contributed by atoms with E-state index in [1.807, 2.05) is 20.8 Å². The van der Waals surface area contributed by atoms with E-state index in [1.165, 1.54) is 12.1 Å². The van der Waals surface area contributed by atoms with Gasteiger partial charge in [-0.3, -0.25) is 0 Å². The Morgan fingerprint density at radius 1 is 1.35 bits per heavy atom. The molecule has 0 aliphatic carbocycles. The molecular weight excluding hydrogens is 313 g/mol. The van der Waals surface area contributed by atoms with Crippen molar-refractivity contribution in [3.8, 4) is 0 Å². The highest BCUT2D eigenvalue weighted by atomic mass is 32.1. The van der Waals surface area contributed by atoms with Gasteiger partial charge in [0.25, 0.3) is 0 Å². The molecule has 0 spiro atoms. The first kappa shape index (κ1) is 17.4. The van der Waals surface area contributed by atoms with Crippen LogP contribution in [0, 0.1) is 12.7 Å². The van der Waals surface area contributed by atoms with Crippen LogP contribution in [0.4, 0.5) is 9.18 Å². The molecule has 0 atom stereocenters. The smallest absolute Gasteiger partial charge is 0.317 e. The van der Waals surface area contributed by atoms with Crippen LogP contribution < -0.4 is 5.32 Å². The molecule has 0 saturated carbocycles. The van der Waals surface area contributed by atoms with Gasteiger partial charge < -0.3 is 10.2 Å². The maximum atomic E-state index is 13.0. The van der Waals surface area contributed by atoms with Crippen molar-refractivity contribution in [2.75, 3.05) is 13.6 Å². The molecule has 0 radical (unpaired) electrons. The number of carbonyl (C=O) groups excluding carboxylic acids is 1. The van der Waals surface area contributed by atoms with Crippen molar-refractivity contribution in [3.05, 3.63) is 51.7 Å². The molecule has 6 heteroatoms. The fourth-order valence-corrected chi connectivity index (χ4v) is 3.07. The Morgan fingerprint density at radius 2 is 2.00 bits per heavy atom. The molecule has 1 N–H and O–H groups in total. The average Bonchev–Trinajstić information content (AvgIpc) is 2.90. The van der Waals surface area contributed by atoms with E-state index in [-0.39, 0.29) is 17.3 Å². The van der Waals surface area contributed by atoms with Crippen LogP contribution in [0.15, 0.2) is 30.5 Å². The Hall–Kier alpha value is -1.95. The van der Waals surface area contributed by atoms with Gasteiger partial charge in [0, 0.05) is 30.1 Å². The minimum Gasteiger partial charge on any atom is -0.337 e. The Labute approximate surface area is 140 Å². The van der Waals surface area contributed by atoms with E-state index in [0.717, 1.165) is 15.4 Å². The highest BCUT2D eigenvalue weighted by Crippen LogP contribution is 2.22. The fraction of sp³-hybridized carbons (Fsp3) is 0.412. The number of nitrogens with zero attached hydrogens (tertiary/aromatic N) is 2. The van der Waals surface area contributed by atoms with Crippen LogP contribution in [0.3, 0.4) is 0 Å². The molecule has 2 rings (SSSR count). The van der Waals surface area contributed by atoms with Gasteiger partial charge in [-0.25, -0.2) is 14.2 Å². The van der Waals surface area contributed by atoms with Crippen molar-refractivity contribution < 1.29 is 9.18 Å². The summed E-state index contributed by atoms with van der Waals surface area (Å²) < 4.78 is 13.0. The maximum absolute atomic E-state index is 13.0. The minimum atomic E-state index is -0.273. The number of aryl methyl sites for hydroxylation is 1. The van der Waals surface area contributed by atoms with Crippen LogP contribution in [-0.2, 0) is 12.0 Å². The average molecular weight is 335 g/mol. The number of hydrogen-bond acceptors (Lipinski definition) is 3. The fourth-order valence-electron chi connectivity index (χ4n) is 2.22. The van der Waals surface area contributed by atoms with Crippen LogP contribution in [0.5, 0.6) is 0 Å². The molecule has 1 aromatic heterocycles. The number of thiazole rings is 1. The lowest BCUT2D eigenvalue weighted by atomic mass is 9.84. The minimum absolute atomic E-state index is 0.133.